The van der Waals surface area contributed by atoms with E-state index in [1.54, 1.807) is 11.4 Å². The molecule has 0 saturated carbocycles. The van der Waals surface area contributed by atoms with E-state index in [1.165, 1.54) is 17.4 Å². The maximum Gasteiger partial charge on any atom is 0.141 e. The van der Waals surface area contributed by atoms with Crippen molar-refractivity contribution < 1.29 is 9.50 Å². The molecular formula is C9H7FN2OS. The zero-order valence-electron chi connectivity index (χ0n) is 7.14. The van der Waals surface area contributed by atoms with Crippen LogP contribution < -0.4 is 0 Å². The van der Waals surface area contributed by atoms with Crippen molar-refractivity contribution in [3.05, 3.63) is 34.5 Å². The van der Waals surface area contributed by atoms with Crippen molar-refractivity contribution >= 4 is 11.3 Å². The van der Waals surface area contributed by atoms with Gasteiger partial charge in [0.25, 0.3) is 0 Å². The molecule has 0 atom stereocenters. The summed E-state index contributed by atoms with van der Waals surface area (Å²) in [5.41, 5.74) is 1.28. The van der Waals surface area contributed by atoms with Gasteiger partial charge < -0.3 is 5.11 Å². The number of hydrogen-bond donors (Lipinski definition) is 1. The van der Waals surface area contributed by atoms with Crippen molar-refractivity contribution in [2.45, 2.75) is 6.61 Å². The molecule has 5 heteroatoms. The second kappa shape index (κ2) is 3.81. The minimum atomic E-state index is -0.369. The molecule has 0 amide bonds. The lowest BCUT2D eigenvalue weighted by Gasteiger charge is -1.93. The molecule has 2 rings (SSSR count). The van der Waals surface area contributed by atoms with Crippen molar-refractivity contribution in [3.63, 3.8) is 0 Å². The van der Waals surface area contributed by atoms with Gasteiger partial charge in [0.1, 0.15) is 10.8 Å². The fraction of sp³-hybridized carbons (Fsp3) is 0.111. The smallest absolute Gasteiger partial charge is 0.141 e. The number of thiazole rings is 1. The number of aliphatic hydroxyl groups is 1. The molecule has 3 nitrogen and oxygen atoms in total. The molecule has 0 aliphatic carbocycles. The minimum Gasteiger partial charge on any atom is -0.389 e. The number of nitrogens with zero attached hydrogens (tertiary/aromatic N) is 2. The van der Waals surface area contributed by atoms with Gasteiger partial charge in [0, 0.05) is 5.38 Å². The van der Waals surface area contributed by atoms with Crippen molar-refractivity contribution in [2.24, 2.45) is 0 Å². The van der Waals surface area contributed by atoms with E-state index in [1.807, 2.05) is 0 Å². The summed E-state index contributed by atoms with van der Waals surface area (Å²) in [5, 5.41) is 11.2. The SMILES string of the molecule is OCc1nc(-c2ccc(F)cn2)cs1. The third-order valence-corrected chi connectivity index (χ3v) is 2.51. The van der Waals surface area contributed by atoms with Gasteiger partial charge in [-0.15, -0.1) is 11.3 Å². The van der Waals surface area contributed by atoms with Crippen molar-refractivity contribution in [1.29, 1.82) is 0 Å². The van der Waals surface area contributed by atoms with Crippen molar-refractivity contribution in [3.8, 4) is 11.4 Å². The van der Waals surface area contributed by atoms with E-state index in [2.05, 4.69) is 9.97 Å². The van der Waals surface area contributed by atoms with Gasteiger partial charge in [0.2, 0.25) is 0 Å². The predicted molar refractivity (Wildman–Crippen MR) is 51.2 cm³/mol. The summed E-state index contributed by atoms with van der Waals surface area (Å²) in [7, 11) is 0. The first-order chi connectivity index (χ1) is 6.79. The fourth-order valence-electron chi connectivity index (χ4n) is 1.03. The van der Waals surface area contributed by atoms with E-state index in [4.69, 9.17) is 5.11 Å². The van der Waals surface area contributed by atoms with Crippen LogP contribution in [-0.2, 0) is 6.61 Å². The Morgan fingerprint density at radius 2 is 2.21 bits per heavy atom. The van der Waals surface area contributed by atoms with Gasteiger partial charge in [-0.3, -0.25) is 4.98 Å². The summed E-state index contributed by atoms with van der Waals surface area (Å²) in [6, 6.07) is 2.89. The van der Waals surface area contributed by atoms with Gasteiger partial charge in [-0.25, -0.2) is 9.37 Å². The van der Waals surface area contributed by atoms with Gasteiger partial charge in [0.05, 0.1) is 24.2 Å². The summed E-state index contributed by atoms with van der Waals surface area (Å²) in [6.45, 7) is -0.0775. The number of pyridine rings is 1. The lowest BCUT2D eigenvalue weighted by molar-refractivity contribution is 0.281. The second-order valence-electron chi connectivity index (χ2n) is 2.65. The summed E-state index contributed by atoms with van der Waals surface area (Å²) >= 11 is 1.35. The fourth-order valence-corrected chi connectivity index (χ4v) is 1.68. The van der Waals surface area contributed by atoms with Gasteiger partial charge in [-0.2, -0.15) is 0 Å². The van der Waals surface area contributed by atoms with Crippen LogP contribution in [0, 0.1) is 5.82 Å². The number of aromatic nitrogens is 2. The minimum absolute atomic E-state index is 0.0775. The third kappa shape index (κ3) is 1.78. The summed E-state index contributed by atoms with van der Waals surface area (Å²) in [6.07, 6.45) is 1.15. The number of aliphatic hydroxyl groups excluding tert-OH is 1. The molecule has 14 heavy (non-hydrogen) atoms. The lowest BCUT2D eigenvalue weighted by Crippen LogP contribution is -1.86. The molecule has 1 N–H and O–H groups in total. The van der Waals surface area contributed by atoms with Crippen LogP contribution in [-0.4, -0.2) is 15.1 Å². The summed E-state index contributed by atoms with van der Waals surface area (Å²) in [4.78, 5) is 8.00. The Hall–Kier alpha value is -1.33. The Morgan fingerprint density at radius 3 is 2.79 bits per heavy atom. The van der Waals surface area contributed by atoms with E-state index in [0.717, 1.165) is 6.20 Å². The first kappa shape index (κ1) is 9.23. The van der Waals surface area contributed by atoms with E-state index in [0.29, 0.717) is 16.4 Å². The Labute approximate surface area is 83.9 Å². The Kier molecular flexibility index (Phi) is 2.51. The number of hydrogen-bond acceptors (Lipinski definition) is 4. The van der Waals surface area contributed by atoms with E-state index in [-0.39, 0.29) is 12.4 Å². The lowest BCUT2D eigenvalue weighted by atomic mass is 10.3. The van der Waals surface area contributed by atoms with Gasteiger partial charge >= 0.3 is 0 Å². The maximum atomic E-state index is 12.6. The molecule has 0 fully saturated rings. The summed E-state index contributed by atoms with van der Waals surface area (Å²) < 4.78 is 12.6. The van der Waals surface area contributed by atoms with Crippen molar-refractivity contribution in [1.82, 2.24) is 9.97 Å². The van der Waals surface area contributed by atoms with Gasteiger partial charge in [0.15, 0.2) is 0 Å². The Bertz CT molecular complexity index is 427. The van der Waals surface area contributed by atoms with E-state index in [9.17, 15) is 4.39 Å². The quantitative estimate of drug-likeness (QED) is 0.822. The monoisotopic (exact) mass is 210 g/mol. The molecule has 0 radical (unpaired) electrons. The van der Waals surface area contributed by atoms with Crippen LogP contribution in [0.5, 0.6) is 0 Å². The molecule has 0 aliphatic heterocycles. The first-order valence-corrected chi connectivity index (χ1v) is 4.85. The van der Waals surface area contributed by atoms with Crippen LogP contribution in [0.2, 0.25) is 0 Å². The molecule has 2 heterocycles. The molecule has 0 spiro atoms. The molecule has 0 aliphatic rings. The Balaban J connectivity index is 2.34. The molecular weight excluding hydrogens is 203 g/mol. The first-order valence-electron chi connectivity index (χ1n) is 3.97. The van der Waals surface area contributed by atoms with Crippen LogP contribution in [0.3, 0.4) is 0 Å². The standard InChI is InChI=1S/C9H7FN2OS/c10-6-1-2-7(11-3-6)8-5-14-9(4-13)12-8/h1-3,5,13H,4H2. The van der Waals surface area contributed by atoms with Crippen LogP contribution in [0.1, 0.15) is 5.01 Å². The maximum absolute atomic E-state index is 12.6. The highest BCUT2D eigenvalue weighted by molar-refractivity contribution is 7.09. The normalized spacial score (nSPS) is 10.4. The highest BCUT2D eigenvalue weighted by atomic mass is 32.1. The molecule has 0 bridgehead atoms. The number of rotatable bonds is 2. The average Bonchev–Trinajstić information content (AvgIpc) is 2.67. The van der Waals surface area contributed by atoms with Crippen LogP contribution >= 0.6 is 11.3 Å². The molecule has 0 unspecified atom stereocenters. The second-order valence-corrected chi connectivity index (χ2v) is 3.59. The molecule has 72 valence electrons. The predicted octanol–water partition coefficient (Wildman–Crippen LogP) is 1.84. The third-order valence-electron chi connectivity index (χ3n) is 1.68. The van der Waals surface area contributed by atoms with Crippen LogP contribution in [0.4, 0.5) is 4.39 Å². The summed E-state index contributed by atoms with van der Waals surface area (Å²) in [5.74, 6) is -0.369. The van der Waals surface area contributed by atoms with Crippen LogP contribution in [0.25, 0.3) is 11.4 Å². The highest BCUT2D eigenvalue weighted by Crippen LogP contribution is 2.19. The molecule has 2 aromatic rings. The number of halogens is 1. The average molecular weight is 210 g/mol. The molecule has 0 aromatic carbocycles. The largest absolute Gasteiger partial charge is 0.389 e. The molecule has 0 saturated heterocycles. The van der Waals surface area contributed by atoms with Gasteiger partial charge in [-0.1, -0.05) is 0 Å². The van der Waals surface area contributed by atoms with Gasteiger partial charge in [-0.05, 0) is 12.1 Å². The Morgan fingerprint density at radius 1 is 1.36 bits per heavy atom. The zero-order chi connectivity index (χ0) is 9.97. The van der Waals surface area contributed by atoms with Crippen LogP contribution in [0.15, 0.2) is 23.7 Å². The van der Waals surface area contributed by atoms with E-state index >= 15 is 0 Å². The topological polar surface area (TPSA) is 46.0 Å². The highest BCUT2D eigenvalue weighted by Gasteiger charge is 2.04. The zero-order valence-corrected chi connectivity index (χ0v) is 7.96. The molecule has 2 aromatic heterocycles. The van der Waals surface area contributed by atoms with Crippen molar-refractivity contribution in [2.75, 3.05) is 0 Å². The van der Waals surface area contributed by atoms with E-state index < -0.39 is 0 Å².